The summed E-state index contributed by atoms with van der Waals surface area (Å²) in [4.78, 5) is 27.6. The van der Waals surface area contributed by atoms with Crippen molar-refractivity contribution in [1.82, 2.24) is 15.1 Å². The van der Waals surface area contributed by atoms with E-state index in [-0.39, 0.29) is 24.3 Å². The van der Waals surface area contributed by atoms with Crippen molar-refractivity contribution >= 4 is 24.3 Å². The normalized spacial score (nSPS) is 29.2. The first kappa shape index (κ1) is 18.2. The molecular formula is C14H27ClN4O2. The van der Waals surface area contributed by atoms with E-state index in [4.69, 9.17) is 5.73 Å². The number of imide groups is 1. The van der Waals surface area contributed by atoms with Gasteiger partial charge in [-0.05, 0) is 39.2 Å². The standard InChI is InChI=1S/C14H26N4O2.ClH/c1-10-5-4-6-17(11(10)9-15)7-8-18-12(19)14(2,3)16-13(18)20;/h10-11H,4-9,15H2,1-3H3,(H,16,20);1H. The average molecular weight is 319 g/mol. The number of nitrogens with zero attached hydrogens (tertiary/aromatic N) is 2. The zero-order valence-electron chi connectivity index (χ0n) is 13.1. The molecule has 2 rings (SSSR count). The molecule has 0 aromatic rings. The summed E-state index contributed by atoms with van der Waals surface area (Å²) in [6, 6.07) is 0.0758. The Morgan fingerprint density at radius 3 is 2.52 bits per heavy atom. The number of amides is 3. The largest absolute Gasteiger partial charge is 0.329 e. The molecule has 0 aliphatic carbocycles. The van der Waals surface area contributed by atoms with Crippen molar-refractivity contribution in [2.24, 2.45) is 11.7 Å². The lowest BCUT2D eigenvalue weighted by molar-refractivity contribution is -0.130. The van der Waals surface area contributed by atoms with E-state index in [2.05, 4.69) is 17.1 Å². The predicted molar refractivity (Wildman–Crippen MR) is 84.4 cm³/mol. The van der Waals surface area contributed by atoms with E-state index < -0.39 is 5.54 Å². The second kappa shape index (κ2) is 6.94. The van der Waals surface area contributed by atoms with Crippen molar-refractivity contribution in [3.63, 3.8) is 0 Å². The molecule has 2 fully saturated rings. The summed E-state index contributed by atoms with van der Waals surface area (Å²) in [6.07, 6.45) is 2.36. The summed E-state index contributed by atoms with van der Waals surface area (Å²) in [7, 11) is 0. The molecule has 21 heavy (non-hydrogen) atoms. The number of nitrogens with two attached hydrogens (primary N) is 1. The number of hydrogen-bond acceptors (Lipinski definition) is 4. The molecule has 0 bridgehead atoms. The van der Waals surface area contributed by atoms with E-state index in [1.807, 2.05) is 0 Å². The van der Waals surface area contributed by atoms with Gasteiger partial charge < -0.3 is 11.1 Å². The third kappa shape index (κ3) is 3.67. The minimum atomic E-state index is -0.778. The van der Waals surface area contributed by atoms with Crippen LogP contribution in [-0.4, -0.2) is 59.5 Å². The lowest BCUT2D eigenvalue weighted by atomic mass is 9.91. The molecule has 0 spiro atoms. The smallest absolute Gasteiger partial charge is 0.325 e. The van der Waals surface area contributed by atoms with Crippen molar-refractivity contribution in [3.05, 3.63) is 0 Å². The number of rotatable bonds is 4. The molecule has 0 aromatic heterocycles. The predicted octanol–water partition coefficient (Wildman–Crippen LogP) is 0.798. The summed E-state index contributed by atoms with van der Waals surface area (Å²) in [5.41, 5.74) is 5.09. The molecule has 2 aliphatic heterocycles. The van der Waals surface area contributed by atoms with Crippen LogP contribution in [0.2, 0.25) is 0 Å². The third-order valence-corrected chi connectivity index (χ3v) is 4.53. The van der Waals surface area contributed by atoms with Crippen molar-refractivity contribution in [3.8, 4) is 0 Å². The van der Waals surface area contributed by atoms with Gasteiger partial charge in [0.2, 0.25) is 0 Å². The maximum Gasteiger partial charge on any atom is 0.325 e. The average Bonchev–Trinajstić information content (AvgIpc) is 2.56. The second-order valence-corrected chi connectivity index (χ2v) is 6.47. The van der Waals surface area contributed by atoms with Crippen LogP contribution >= 0.6 is 12.4 Å². The number of piperidine rings is 1. The van der Waals surface area contributed by atoms with Crippen LogP contribution in [0.4, 0.5) is 4.79 Å². The van der Waals surface area contributed by atoms with Crippen LogP contribution in [0.5, 0.6) is 0 Å². The fourth-order valence-electron chi connectivity index (χ4n) is 3.24. The highest BCUT2D eigenvalue weighted by atomic mass is 35.5. The molecule has 0 aromatic carbocycles. The van der Waals surface area contributed by atoms with Crippen LogP contribution in [0.15, 0.2) is 0 Å². The zero-order valence-corrected chi connectivity index (χ0v) is 13.9. The van der Waals surface area contributed by atoms with E-state index in [0.717, 1.165) is 13.0 Å². The summed E-state index contributed by atoms with van der Waals surface area (Å²) < 4.78 is 0. The minimum Gasteiger partial charge on any atom is -0.329 e. The molecule has 7 heteroatoms. The van der Waals surface area contributed by atoms with Gasteiger partial charge in [-0.1, -0.05) is 6.92 Å². The molecule has 122 valence electrons. The van der Waals surface area contributed by atoms with Gasteiger partial charge in [-0.3, -0.25) is 14.6 Å². The minimum absolute atomic E-state index is 0. The van der Waals surface area contributed by atoms with Crippen LogP contribution in [0, 0.1) is 5.92 Å². The molecule has 0 radical (unpaired) electrons. The first-order valence-electron chi connectivity index (χ1n) is 7.45. The second-order valence-electron chi connectivity index (χ2n) is 6.47. The number of likely N-dealkylation sites (tertiary alicyclic amines) is 1. The van der Waals surface area contributed by atoms with Crippen LogP contribution in [-0.2, 0) is 4.79 Å². The number of nitrogens with one attached hydrogen (secondary N) is 1. The molecule has 2 saturated heterocycles. The Morgan fingerprint density at radius 2 is 2.00 bits per heavy atom. The first-order valence-corrected chi connectivity index (χ1v) is 7.45. The lowest BCUT2D eigenvalue weighted by Crippen LogP contribution is -2.51. The van der Waals surface area contributed by atoms with Crippen molar-refractivity contribution < 1.29 is 9.59 Å². The van der Waals surface area contributed by atoms with Crippen molar-refractivity contribution in [2.45, 2.75) is 45.2 Å². The number of halogens is 1. The summed E-state index contributed by atoms with van der Waals surface area (Å²) in [6.45, 7) is 8.48. The van der Waals surface area contributed by atoms with Crippen LogP contribution < -0.4 is 11.1 Å². The van der Waals surface area contributed by atoms with E-state index in [9.17, 15) is 9.59 Å². The van der Waals surface area contributed by atoms with Gasteiger partial charge in [0, 0.05) is 25.7 Å². The van der Waals surface area contributed by atoms with Gasteiger partial charge in [-0.2, -0.15) is 0 Å². The van der Waals surface area contributed by atoms with Gasteiger partial charge in [-0.25, -0.2) is 4.79 Å². The molecule has 2 heterocycles. The van der Waals surface area contributed by atoms with E-state index >= 15 is 0 Å². The Labute approximate surface area is 132 Å². The summed E-state index contributed by atoms with van der Waals surface area (Å²) >= 11 is 0. The third-order valence-electron chi connectivity index (χ3n) is 4.53. The van der Waals surface area contributed by atoms with E-state index in [0.29, 0.717) is 31.6 Å². The fraction of sp³-hybridized carbons (Fsp3) is 0.857. The highest BCUT2D eigenvalue weighted by Crippen LogP contribution is 2.23. The highest BCUT2D eigenvalue weighted by Gasteiger charge is 2.44. The van der Waals surface area contributed by atoms with Gasteiger partial charge in [-0.15, -0.1) is 12.4 Å². The van der Waals surface area contributed by atoms with Gasteiger partial charge in [0.25, 0.3) is 5.91 Å². The van der Waals surface area contributed by atoms with E-state index in [1.165, 1.54) is 11.3 Å². The monoisotopic (exact) mass is 318 g/mol. The zero-order chi connectivity index (χ0) is 14.9. The molecule has 2 aliphatic rings. The molecule has 3 amide bonds. The van der Waals surface area contributed by atoms with Gasteiger partial charge in [0.15, 0.2) is 0 Å². The quantitative estimate of drug-likeness (QED) is 0.751. The van der Waals surface area contributed by atoms with Gasteiger partial charge >= 0.3 is 6.03 Å². The van der Waals surface area contributed by atoms with Crippen molar-refractivity contribution in [2.75, 3.05) is 26.2 Å². The van der Waals surface area contributed by atoms with E-state index in [1.54, 1.807) is 13.8 Å². The van der Waals surface area contributed by atoms with Crippen LogP contribution in [0.3, 0.4) is 0 Å². The fourth-order valence-corrected chi connectivity index (χ4v) is 3.24. The van der Waals surface area contributed by atoms with Crippen LogP contribution in [0.25, 0.3) is 0 Å². The Hall–Kier alpha value is -0.850. The van der Waals surface area contributed by atoms with Crippen molar-refractivity contribution in [1.29, 1.82) is 0 Å². The number of hydrogen-bond donors (Lipinski definition) is 2. The molecule has 3 N–H and O–H groups in total. The number of carbonyl (C=O) groups excluding carboxylic acids is 2. The lowest BCUT2D eigenvalue weighted by Gasteiger charge is -2.39. The Kier molecular flexibility index (Phi) is 6.01. The SMILES string of the molecule is CC1CCCN(CCN2C(=O)NC(C)(C)C2=O)C1CN.Cl. The number of urea groups is 1. The highest BCUT2D eigenvalue weighted by molar-refractivity contribution is 6.06. The number of carbonyl (C=O) groups is 2. The first-order chi connectivity index (χ1) is 9.36. The van der Waals surface area contributed by atoms with Gasteiger partial charge in [0.1, 0.15) is 5.54 Å². The Balaban J connectivity index is 0.00000220. The van der Waals surface area contributed by atoms with Gasteiger partial charge in [0.05, 0.1) is 0 Å². The maximum absolute atomic E-state index is 12.1. The molecule has 6 nitrogen and oxygen atoms in total. The molecular weight excluding hydrogens is 292 g/mol. The molecule has 2 unspecified atom stereocenters. The molecule has 2 atom stereocenters. The topological polar surface area (TPSA) is 78.7 Å². The Bertz CT molecular complexity index is 402. The summed E-state index contributed by atoms with van der Waals surface area (Å²) in [5.74, 6) is 0.435. The molecule has 0 saturated carbocycles. The maximum atomic E-state index is 12.1. The van der Waals surface area contributed by atoms with Crippen LogP contribution in [0.1, 0.15) is 33.6 Å². The summed E-state index contributed by atoms with van der Waals surface area (Å²) in [5, 5.41) is 2.71. The Morgan fingerprint density at radius 1 is 1.33 bits per heavy atom.